The number of fused-ring (bicyclic) bond motifs is 1. The second kappa shape index (κ2) is 7.09. The van der Waals surface area contributed by atoms with Gasteiger partial charge in [-0.3, -0.25) is 9.52 Å². The van der Waals surface area contributed by atoms with Crippen LogP contribution < -0.4 is 14.4 Å². The number of hydrogen-bond donors (Lipinski definition) is 1. The Morgan fingerprint density at radius 1 is 1.31 bits per heavy atom. The van der Waals surface area contributed by atoms with Gasteiger partial charge in [0.05, 0.1) is 11.6 Å². The van der Waals surface area contributed by atoms with Crippen LogP contribution in [0, 0.1) is 0 Å². The smallest absolute Gasteiger partial charge is 0.265 e. The van der Waals surface area contributed by atoms with Crippen molar-refractivity contribution in [2.45, 2.75) is 18.2 Å². The number of benzene rings is 2. The number of carbonyl (C=O) groups is 1. The summed E-state index contributed by atoms with van der Waals surface area (Å²) in [6, 6.07) is 8.00. The Bertz CT molecular complexity index is 994. The first-order valence-electron chi connectivity index (χ1n) is 7.70. The predicted molar refractivity (Wildman–Crippen MR) is 105 cm³/mol. The Balaban J connectivity index is 1.96. The van der Waals surface area contributed by atoms with E-state index in [-0.39, 0.29) is 21.6 Å². The van der Waals surface area contributed by atoms with Crippen LogP contribution in [-0.2, 0) is 21.2 Å². The van der Waals surface area contributed by atoms with Crippen LogP contribution in [0.15, 0.2) is 39.7 Å². The van der Waals surface area contributed by atoms with E-state index in [9.17, 15) is 13.2 Å². The number of ether oxygens (including phenoxy) is 1. The van der Waals surface area contributed by atoms with E-state index in [1.165, 1.54) is 20.1 Å². The van der Waals surface area contributed by atoms with E-state index in [1.54, 1.807) is 29.2 Å². The number of rotatable bonds is 4. The minimum absolute atomic E-state index is 0.0365. The van der Waals surface area contributed by atoms with Gasteiger partial charge in [-0.25, -0.2) is 8.42 Å². The average molecular weight is 460 g/mol. The molecule has 0 saturated heterocycles. The van der Waals surface area contributed by atoms with Gasteiger partial charge in [-0.05, 0) is 58.2 Å². The van der Waals surface area contributed by atoms with Crippen molar-refractivity contribution in [1.29, 1.82) is 0 Å². The van der Waals surface area contributed by atoms with Crippen LogP contribution in [0.3, 0.4) is 0 Å². The van der Waals surface area contributed by atoms with Gasteiger partial charge in [-0.1, -0.05) is 11.6 Å². The Morgan fingerprint density at radius 2 is 2.04 bits per heavy atom. The molecule has 1 N–H and O–H groups in total. The van der Waals surface area contributed by atoms with Crippen molar-refractivity contribution >= 4 is 54.8 Å². The molecule has 9 heteroatoms. The number of carbonyl (C=O) groups excluding carboxylic acids is 1. The number of sulfonamides is 1. The van der Waals surface area contributed by atoms with Gasteiger partial charge in [0.1, 0.15) is 4.90 Å². The molecule has 0 radical (unpaired) electrons. The first kappa shape index (κ1) is 19.0. The number of nitrogens with one attached hydrogen (secondary N) is 1. The quantitative estimate of drug-likeness (QED) is 0.754. The van der Waals surface area contributed by atoms with E-state index >= 15 is 0 Å². The molecule has 0 aliphatic carbocycles. The van der Waals surface area contributed by atoms with Gasteiger partial charge in [0.15, 0.2) is 5.75 Å². The molecule has 1 aliphatic rings. The first-order valence-corrected chi connectivity index (χ1v) is 10.3. The van der Waals surface area contributed by atoms with Gasteiger partial charge in [0.25, 0.3) is 10.0 Å². The van der Waals surface area contributed by atoms with Crippen LogP contribution in [0.1, 0.15) is 12.5 Å². The van der Waals surface area contributed by atoms with Gasteiger partial charge in [-0.15, -0.1) is 0 Å². The molecule has 0 unspecified atom stereocenters. The molecule has 1 aliphatic heterocycles. The molecule has 26 heavy (non-hydrogen) atoms. The van der Waals surface area contributed by atoms with Gasteiger partial charge >= 0.3 is 0 Å². The lowest BCUT2D eigenvalue weighted by molar-refractivity contribution is -0.116. The van der Waals surface area contributed by atoms with Crippen molar-refractivity contribution in [2.24, 2.45) is 0 Å². The zero-order chi connectivity index (χ0) is 19.1. The van der Waals surface area contributed by atoms with Crippen LogP contribution in [0.2, 0.25) is 5.02 Å². The van der Waals surface area contributed by atoms with E-state index in [1.807, 2.05) is 0 Å². The van der Waals surface area contributed by atoms with Crippen molar-refractivity contribution in [2.75, 3.05) is 23.3 Å². The van der Waals surface area contributed by atoms with Crippen LogP contribution in [-0.4, -0.2) is 28.0 Å². The zero-order valence-electron chi connectivity index (χ0n) is 14.0. The van der Waals surface area contributed by atoms with Crippen molar-refractivity contribution < 1.29 is 17.9 Å². The molecule has 0 fully saturated rings. The first-order chi connectivity index (χ1) is 12.2. The molecule has 3 rings (SSSR count). The number of anilines is 2. The fourth-order valence-electron chi connectivity index (χ4n) is 2.94. The maximum Gasteiger partial charge on any atom is 0.265 e. The van der Waals surface area contributed by atoms with Crippen molar-refractivity contribution in [1.82, 2.24) is 0 Å². The van der Waals surface area contributed by atoms with Crippen molar-refractivity contribution in [3.63, 3.8) is 0 Å². The third kappa shape index (κ3) is 3.54. The lowest BCUT2D eigenvalue weighted by Gasteiger charge is -2.16. The maximum atomic E-state index is 12.8. The Labute approximate surface area is 165 Å². The zero-order valence-corrected chi connectivity index (χ0v) is 17.2. The van der Waals surface area contributed by atoms with Gasteiger partial charge < -0.3 is 9.64 Å². The number of amides is 1. The highest BCUT2D eigenvalue weighted by Crippen LogP contribution is 2.37. The minimum atomic E-state index is -3.92. The Morgan fingerprint density at radius 3 is 2.69 bits per heavy atom. The summed E-state index contributed by atoms with van der Waals surface area (Å²) in [4.78, 5) is 13.2. The number of nitrogens with zero attached hydrogens (tertiary/aromatic N) is 1. The summed E-state index contributed by atoms with van der Waals surface area (Å²) in [5, 5.41) is 0.268. The summed E-state index contributed by atoms with van der Waals surface area (Å²) < 4.78 is 33.8. The topological polar surface area (TPSA) is 75.7 Å². The molecule has 0 atom stereocenters. The standard InChI is InChI=1S/C17H16BrClN2O4S/c1-10(22)21-6-5-11-7-13(3-4-15(11)21)20-26(23,24)16-9-12(19)8-14(18)17(16)25-2/h3-4,7-9,20H,5-6H2,1-2H3. The summed E-state index contributed by atoms with van der Waals surface area (Å²) in [5.74, 6) is 0.136. The summed E-state index contributed by atoms with van der Waals surface area (Å²) in [5.41, 5.74) is 2.13. The largest absolute Gasteiger partial charge is 0.494 e. The summed E-state index contributed by atoms with van der Waals surface area (Å²) in [6.07, 6.45) is 0.677. The molecule has 0 saturated carbocycles. The Kier molecular flexibility index (Phi) is 5.18. The normalized spacial score (nSPS) is 13.5. The predicted octanol–water partition coefficient (Wildman–Crippen LogP) is 3.82. The van der Waals surface area contributed by atoms with E-state index in [2.05, 4.69) is 20.7 Å². The molecule has 0 spiro atoms. The SMILES string of the molecule is COc1c(Br)cc(Cl)cc1S(=O)(=O)Nc1ccc2c(c1)CCN2C(C)=O. The second-order valence-electron chi connectivity index (χ2n) is 5.79. The lowest BCUT2D eigenvalue weighted by atomic mass is 10.1. The van der Waals surface area contributed by atoms with Gasteiger partial charge in [0, 0.05) is 29.9 Å². The number of hydrogen-bond acceptors (Lipinski definition) is 4. The fourth-order valence-corrected chi connectivity index (χ4v) is 5.37. The monoisotopic (exact) mass is 458 g/mol. The van der Waals surface area contributed by atoms with E-state index in [0.717, 1.165) is 11.3 Å². The summed E-state index contributed by atoms with van der Waals surface area (Å²) in [7, 11) is -2.53. The van der Waals surface area contributed by atoms with Gasteiger partial charge in [0.2, 0.25) is 5.91 Å². The lowest BCUT2D eigenvalue weighted by Crippen LogP contribution is -2.25. The molecular formula is C17H16BrClN2O4S. The van der Waals surface area contributed by atoms with Crippen LogP contribution >= 0.6 is 27.5 Å². The third-order valence-electron chi connectivity index (χ3n) is 4.08. The molecule has 0 bridgehead atoms. The fraction of sp³-hybridized carbons (Fsp3) is 0.235. The molecule has 2 aromatic carbocycles. The molecule has 1 amide bonds. The van der Waals surface area contributed by atoms with Crippen LogP contribution in [0.4, 0.5) is 11.4 Å². The molecule has 2 aromatic rings. The molecular weight excluding hydrogens is 444 g/mol. The summed E-state index contributed by atoms with van der Waals surface area (Å²) in [6.45, 7) is 2.10. The molecule has 1 heterocycles. The average Bonchev–Trinajstić information content (AvgIpc) is 2.97. The van der Waals surface area contributed by atoms with Crippen molar-refractivity contribution in [3.05, 3.63) is 45.4 Å². The third-order valence-corrected chi connectivity index (χ3v) is 6.27. The second-order valence-corrected chi connectivity index (χ2v) is 8.73. The minimum Gasteiger partial charge on any atom is -0.494 e. The maximum absolute atomic E-state index is 12.8. The van der Waals surface area contributed by atoms with Crippen molar-refractivity contribution in [3.8, 4) is 5.75 Å². The van der Waals surface area contributed by atoms with Crippen LogP contribution in [0.5, 0.6) is 5.75 Å². The molecule has 138 valence electrons. The van der Waals surface area contributed by atoms with Gasteiger partial charge in [-0.2, -0.15) is 0 Å². The highest BCUT2D eigenvalue weighted by atomic mass is 79.9. The molecule has 6 nitrogen and oxygen atoms in total. The van der Waals surface area contributed by atoms with E-state index < -0.39 is 10.0 Å². The summed E-state index contributed by atoms with van der Waals surface area (Å²) >= 11 is 9.25. The highest BCUT2D eigenvalue weighted by Gasteiger charge is 2.25. The highest BCUT2D eigenvalue weighted by molar-refractivity contribution is 9.10. The van der Waals surface area contributed by atoms with Crippen LogP contribution in [0.25, 0.3) is 0 Å². The van der Waals surface area contributed by atoms with E-state index in [0.29, 0.717) is 23.1 Å². The Hall–Kier alpha value is -1.77. The number of methoxy groups -OCH3 is 1. The molecule has 0 aromatic heterocycles. The number of halogens is 2. The van der Waals surface area contributed by atoms with E-state index in [4.69, 9.17) is 16.3 Å².